The van der Waals surface area contributed by atoms with E-state index in [0.29, 0.717) is 23.6 Å². The lowest BCUT2D eigenvalue weighted by molar-refractivity contribution is -0.117. The number of pyridine rings is 2. The molecule has 2 N–H and O–H groups in total. The molecule has 30 heavy (non-hydrogen) atoms. The van der Waals surface area contributed by atoms with Crippen LogP contribution in [0.1, 0.15) is 27.2 Å². The second-order valence-electron chi connectivity index (χ2n) is 7.59. The molecule has 0 atom stereocenters. The van der Waals surface area contributed by atoms with Crippen molar-refractivity contribution in [2.24, 2.45) is 0 Å². The molecule has 3 heterocycles. The van der Waals surface area contributed by atoms with E-state index in [0.717, 1.165) is 18.5 Å². The molecule has 0 saturated heterocycles. The monoisotopic (exact) mass is 399 g/mol. The Morgan fingerprint density at radius 3 is 2.60 bits per heavy atom. The minimum absolute atomic E-state index is 0.0651. The number of fused-ring (bicyclic) bond motifs is 2. The Balaban J connectivity index is 1.36. The second kappa shape index (κ2) is 7.59. The van der Waals surface area contributed by atoms with Gasteiger partial charge in [-0.05, 0) is 42.2 Å². The smallest absolute Gasteiger partial charge is 0.253 e. The average Bonchev–Trinajstić information content (AvgIpc) is 3.18. The number of carbonyl (C=O) groups excluding carboxylic acids is 2. The van der Waals surface area contributed by atoms with Gasteiger partial charge in [-0.3, -0.25) is 14.6 Å². The fourth-order valence-electron chi connectivity index (χ4n) is 4.07. The Morgan fingerprint density at radius 2 is 1.87 bits per heavy atom. The van der Waals surface area contributed by atoms with E-state index in [1.54, 1.807) is 23.4 Å². The molecule has 0 radical (unpaired) electrons. The molecule has 7 heteroatoms. The van der Waals surface area contributed by atoms with Gasteiger partial charge < -0.3 is 15.5 Å². The fraction of sp³-hybridized carbons (Fsp3) is 0.217. The van der Waals surface area contributed by atoms with Crippen LogP contribution in [0, 0.1) is 0 Å². The Kier molecular flexibility index (Phi) is 4.63. The maximum Gasteiger partial charge on any atom is 0.253 e. The molecule has 0 fully saturated rings. The summed E-state index contributed by atoms with van der Waals surface area (Å²) < 4.78 is 0. The number of carbonyl (C=O) groups is 2. The number of aromatic nitrogens is 2. The van der Waals surface area contributed by atoms with Crippen molar-refractivity contribution in [1.82, 2.24) is 15.3 Å². The molecule has 0 saturated carbocycles. The van der Waals surface area contributed by atoms with Crippen LogP contribution in [0.4, 0.5) is 11.5 Å². The predicted molar refractivity (Wildman–Crippen MR) is 113 cm³/mol. The van der Waals surface area contributed by atoms with Gasteiger partial charge in [-0.2, -0.15) is 0 Å². The quantitative estimate of drug-likeness (QED) is 0.703. The summed E-state index contributed by atoms with van der Waals surface area (Å²) in [6.45, 7) is 0.498. The van der Waals surface area contributed by atoms with Crippen LogP contribution < -0.4 is 15.5 Å². The molecule has 150 valence electrons. The first-order valence-electron chi connectivity index (χ1n) is 9.99. The van der Waals surface area contributed by atoms with E-state index in [9.17, 15) is 9.59 Å². The summed E-state index contributed by atoms with van der Waals surface area (Å²) in [6, 6.07) is 15.6. The third kappa shape index (κ3) is 3.50. The van der Waals surface area contributed by atoms with Gasteiger partial charge in [0.05, 0.1) is 30.0 Å². The molecule has 3 aromatic rings. The van der Waals surface area contributed by atoms with Gasteiger partial charge in [0.2, 0.25) is 5.91 Å². The minimum Gasteiger partial charge on any atom is -0.359 e. The Hall–Kier alpha value is -3.74. The molecule has 0 spiro atoms. The van der Waals surface area contributed by atoms with Crippen LogP contribution in [0.25, 0.3) is 0 Å². The summed E-state index contributed by atoms with van der Waals surface area (Å²) in [6.07, 6.45) is 4.90. The summed E-state index contributed by atoms with van der Waals surface area (Å²) in [7, 11) is 0. The lowest BCUT2D eigenvalue weighted by atomic mass is 10.1. The molecule has 5 rings (SSSR count). The molecule has 7 nitrogen and oxygen atoms in total. The second-order valence-corrected chi connectivity index (χ2v) is 7.59. The Labute approximate surface area is 174 Å². The van der Waals surface area contributed by atoms with E-state index in [1.165, 1.54) is 11.1 Å². The van der Waals surface area contributed by atoms with Crippen molar-refractivity contribution in [1.29, 1.82) is 0 Å². The maximum absolute atomic E-state index is 12.9. The predicted octanol–water partition coefficient (Wildman–Crippen LogP) is 2.33. The SMILES string of the molecule is O=C(NC1Cc2ccccc2C1)c1cnc2c(c1)N(Cc1ccccn1)C(=O)CN2. The molecule has 1 aliphatic heterocycles. The summed E-state index contributed by atoms with van der Waals surface area (Å²) in [5, 5.41) is 6.13. The topological polar surface area (TPSA) is 87.2 Å². The van der Waals surface area contributed by atoms with Crippen LogP contribution in [-0.4, -0.2) is 34.4 Å². The summed E-state index contributed by atoms with van der Waals surface area (Å²) >= 11 is 0. The molecule has 1 aliphatic carbocycles. The van der Waals surface area contributed by atoms with E-state index in [4.69, 9.17) is 0 Å². The van der Waals surface area contributed by atoms with E-state index in [2.05, 4.69) is 32.7 Å². The lowest BCUT2D eigenvalue weighted by Crippen LogP contribution is -2.40. The van der Waals surface area contributed by atoms with Crippen LogP contribution in [-0.2, 0) is 24.2 Å². The highest BCUT2D eigenvalue weighted by Gasteiger charge is 2.28. The first-order chi connectivity index (χ1) is 14.7. The molecule has 2 amide bonds. The number of amides is 2. The van der Waals surface area contributed by atoms with Crippen molar-refractivity contribution in [2.75, 3.05) is 16.8 Å². The highest BCUT2D eigenvalue weighted by Crippen LogP contribution is 2.30. The van der Waals surface area contributed by atoms with Crippen molar-refractivity contribution in [3.8, 4) is 0 Å². The number of nitrogens with zero attached hydrogens (tertiary/aromatic N) is 3. The van der Waals surface area contributed by atoms with Crippen LogP contribution in [0.15, 0.2) is 60.9 Å². The van der Waals surface area contributed by atoms with Gasteiger partial charge in [0.1, 0.15) is 0 Å². The van der Waals surface area contributed by atoms with E-state index in [-0.39, 0.29) is 24.4 Å². The standard InChI is InChI=1S/C23H21N5O2/c29-21-13-26-22-20(28(21)14-18-7-3-4-8-24-18)11-17(12-25-22)23(30)27-19-9-15-5-1-2-6-16(15)10-19/h1-8,11-12,19H,9-10,13-14H2,(H,25,26)(H,27,30). The average molecular weight is 399 g/mol. The highest BCUT2D eigenvalue weighted by atomic mass is 16.2. The number of rotatable bonds is 4. The summed E-state index contributed by atoms with van der Waals surface area (Å²) in [4.78, 5) is 35.8. The van der Waals surface area contributed by atoms with Crippen LogP contribution in [0.5, 0.6) is 0 Å². The lowest BCUT2D eigenvalue weighted by Gasteiger charge is -2.29. The van der Waals surface area contributed by atoms with Crippen LogP contribution in [0.2, 0.25) is 0 Å². The van der Waals surface area contributed by atoms with Gasteiger partial charge in [-0.1, -0.05) is 30.3 Å². The number of hydrogen-bond acceptors (Lipinski definition) is 5. The normalized spacial score (nSPS) is 15.3. The third-order valence-corrected chi connectivity index (χ3v) is 5.56. The van der Waals surface area contributed by atoms with Gasteiger partial charge >= 0.3 is 0 Å². The summed E-state index contributed by atoms with van der Waals surface area (Å²) in [5.74, 6) is 0.327. The van der Waals surface area contributed by atoms with Crippen LogP contribution >= 0.6 is 0 Å². The first-order valence-corrected chi connectivity index (χ1v) is 9.99. The van der Waals surface area contributed by atoms with Gasteiger partial charge in [-0.25, -0.2) is 4.98 Å². The first kappa shape index (κ1) is 18.3. The number of nitrogens with one attached hydrogen (secondary N) is 2. The Morgan fingerprint density at radius 1 is 1.10 bits per heavy atom. The zero-order chi connectivity index (χ0) is 20.5. The van der Waals surface area contributed by atoms with Crippen molar-refractivity contribution in [3.05, 3.63) is 83.3 Å². The molecule has 2 aliphatic rings. The molecular weight excluding hydrogens is 378 g/mol. The number of anilines is 2. The summed E-state index contributed by atoms with van der Waals surface area (Å²) in [5.41, 5.74) is 4.37. The van der Waals surface area contributed by atoms with Gasteiger partial charge in [0, 0.05) is 18.4 Å². The molecular formula is C23H21N5O2. The number of hydrogen-bond donors (Lipinski definition) is 2. The Bertz CT molecular complexity index is 1090. The van der Waals surface area contributed by atoms with E-state index >= 15 is 0 Å². The molecule has 0 bridgehead atoms. The van der Waals surface area contributed by atoms with E-state index in [1.807, 2.05) is 30.3 Å². The van der Waals surface area contributed by atoms with Gasteiger partial charge in [-0.15, -0.1) is 0 Å². The van der Waals surface area contributed by atoms with Gasteiger partial charge in [0.25, 0.3) is 5.91 Å². The minimum atomic E-state index is -0.182. The molecule has 1 aromatic carbocycles. The largest absolute Gasteiger partial charge is 0.359 e. The van der Waals surface area contributed by atoms with Crippen molar-refractivity contribution in [2.45, 2.75) is 25.4 Å². The van der Waals surface area contributed by atoms with Crippen molar-refractivity contribution < 1.29 is 9.59 Å². The molecule has 0 unspecified atom stereocenters. The maximum atomic E-state index is 12.9. The fourth-order valence-corrected chi connectivity index (χ4v) is 4.07. The van der Waals surface area contributed by atoms with Crippen molar-refractivity contribution in [3.63, 3.8) is 0 Å². The van der Waals surface area contributed by atoms with Crippen molar-refractivity contribution >= 4 is 23.3 Å². The zero-order valence-electron chi connectivity index (χ0n) is 16.3. The third-order valence-electron chi connectivity index (χ3n) is 5.56. The number of benzene rings is 1. The zero-order valence-corrected chi connectivity index (χ0v) is 16.3. The molecule has 2 aromatic heterocycles. The van der Waals surface area contributed by atoms with Gasteiger partial charge in [0.15, 0.2) is 5.82 Å². The van der Waals surface area contributed by atoms with E-state index < -0.39 is 0 Å². The van der Waals surface area contributed by atoms with Crippen LogP contribution in [0.3, 0.4) is 0 Å². The highest BCUT2D eigenvalue weighted by molar-refractivity contribution is 6.04.